The van der Waals surface area contributed by atoms with Crippen LogP contribution in [0.1, 0.15) is 16.8 Å². The molecule has 0 aliphatic carbocycles. The van der Waals surface area contributed by atoms with Crippen LogP contribution in [-0.4, -0.2) is 21.4 Å². The highest BCUT2D eigenvalue weighted by Gasteiger charge is 2.22. The van der Waals surface area contributed by atoms with Gasteiger partial charge in [-0.15, -0.1) is 0 Å². The Kier molecular flexibility index (Phi) is 3.65. The Morgan fingerprint density at radius 3 is 3.05 bits per heavy atom. The standard InChI is InChI=1S/C14H14ClFN4O/c15-10-2-1-3-11(16)8(10)6-20-5-4-12-9(7-20)13(21)19-14(17)18-12/h1-3H,4-7H2,(H3,17,18,19,21). The smallest absolute Gasteiger partial charge is 0.257 e. The number of halogens is 2. The van der Waals surface area contributed by atoms with Crippen LogP contribution in [0.15, 0.2) is 23.0 Å². The number of nitrogens with zero attached hydrogens (tertiary/aromatic N) is 2. The molecule has 0 saturated carbocycles. The third kappa shape index (κ3) is 2.77. The van der Waals surface area contributed by atoms with Crippen molar-refractivity contribution in [3.8, 4) is 0 Å². The maximum Gasteiger partial charge on any atom is 0.257 e. The maximum absolute atomic E-state index is 13.8. The molecule has 7 heteroatoms. The van der Waals surface area contributed by atoms with E-state index in [0.717, 1.165) is 0 Å². The molecule has 5 nitrogen and oxygen atoms in total. The number of nitrogens with two attached hydrogens (primary N) is 1. The highest BCUT2D eigenvalue weighted by atomic mass is 35.5. The number of H-pyrrole nitrogens is 1. The number of benzene rings is 1. The first-order valence-corrected chi connectivity index (χ1v) is 6.95. The Bertz CT molecular complexity index is 726. The van der Waals surface area contributed by atoms with Crippen molar-refractivity contribution in [1.82, 2.24) is 14.9 Å². The van der Waals surface area contributed by atoms with Crippen molar-refractivity contribution in [2.45, 2.75) is 19.5 Å². The molecule has 1 aromatic carbocycles. The summed E-state index contributed by atoms with van der Waals surface area (Å²) in [4.78, 5) is 20.5. The van der Waals surface area contributed by atoms with Crippen molar-refractivity contribution < 1.29 is 4.39 Å². The topological polar surface area (TPSA) is 75.0 Å². The number of aromatic nitrogens is 2. The Hall–Kier alpha value is -1.92. The van der Waals surface area contributed by atoms with Crippen molar-refractivity contribution >= 4 is 17.5 Å². The van der Waals surface area contributed by atoms with E-state index in [1.54, 1.807) is 12.1 Å². The summed E-state index contributed by atoms with van der Waals surface area (Å²) in [5.41, 5.74) is 7.05. The summed E-state index contributed by atoms with van der Waals surface area (Å²) in [6.45, 7) is 1.44. The molecule has 0 bridgehead atoms. The fourth-order valence-electron chi connectivity index (χ4n) is 2.54. The van der Waals surface area contributed by atoms with Gasteiger partial charge in [0.05, 0.1) is 11.3 Å². The van der Waals surface area contributed by atoms with Crippen LogP contribution in [-0.2, 0) is 19.5 Å². The summed E-state index contributed by atoms with van der Waals surface area (Å²) < 4.78 is 13.8. The molecule has 2 aromatic rings. The average Bonchev–Trinajstić information content (AvgIpc) is 2.43. The number of nitrogens with one attached hydrogen (secondary N) is 1. The predicted octanol–water partition coefficient (Wildman–Crippen LogP) is 1.70. The Morgan fingerprint density at radius 2 is 2.29 bits per heavy atom. The number of aromatic amines is 1. The van der Waals surface area contributed by atoms with Crippen LogP contribution in [0.2, 0.25) is 5.02 Å². The van der Waals surface area contributed by atoms with Gasteiger partial charge in [-0.1, -0.05) is 17.7 Å². The van der Waals surface area contributed by atoms with Crippen LogP contribution in [0.3, 0.4) is 0 Å². The SMILES string of the molecule is Nc1nc2c(c(=O)[nH]1)CN(Cc1c(F)cccc1Cl)CC2. The first-order chi connectivity index (χ1) is 10.0. The van der Waals surface area contributed by atoms with Crippen molar-refractivity contribution in [3.63, 3.8) is 0 Å². The molecule has 1 aromatic heterocycles. The van der Waals surface area contributed by atoms with Gasteiger partial charge in [-0.05, 0) is 12.1 Å². The lowest BCUT2D eigenvalue weighted by Crippen LogP contribution is -2.35. The first kappa shape index (κ1) is 14.0. The van der Waals surface area contributed by atoms with E-state index in [4.69, 9.17) is 17.3 Å². The quantitative estimate of drug-likeness (QED) is 0.885. The minimum atomic E-state index is -0.336. The largest absolute Gasteiger partial charge is 0.369 e. The molecule has 2 heterocycles. The number of nitrogen functional groups attached to an aromatic ring is 1. The van der Waals surface area contributed by atoms with E-state index in [-0.39, 0.29) is 17.3 Å². The molecule has 3 rings (SSSR count). The molecule has 21 heavy (non-hydrogen) atoms. The summed E-state index contributed by atoms with van der Waals surface area (Å²) >= 11 is 6.04. The fraction of sp³-hybridized carbons (Fsp3) is 0.286. The van der Waals surface area contributed by atoms with E-state index < -0.39 is 0 Å². The van der Waals surface area contributed by atoms with Crippen molar-refractivity contribution in [2.24, 2.45) is 0 Å². The van der Waals surface area contributed by atoms with Gasteiger partial charge in [0.15, 0.2) is 0 Å². The van der Waals surface area contributed by atoms with Gasteiger partial charge in [0.1, 0.15) is 5.82 Å². The molecule has 0 radical (unpaired) electrons. The van der Waals surface area contributed by atoms with Crippen LogP contribution < -0.4 is 11.3 Å². The summed E-state index contributed by atoms with van der Waals surface area (Å²) in [6, 6.07) is 4.62. The van der Waals surface area contributed by atoms with Gasteiger partial charge in [0, 0.05) is 36.6 Å². The zero-order valence-electron chi connectivity index (χ0n) is 11.2. The zero-order chi connectivity index (χ0) is 15.0. The molecule has 1 aliphatic heterocycles. The minimum Gasteiger partial charge on any atom is -0.369 e. The normalized spacial score (nSPS) is 15.0. The molecular formula is C14H14ClFN4O. The molecule has 110 valence electrons. The summed E-state index contributed by atoms with van der Waals surface area (Å²) in [5.74, 6) is -0.206. The number of fused-ring (bicyclic) bond motifs is 1. The van der Waals surface area contributed by atoms with E-state index in [1.807, 2.05) is 4.90 Å². The zero-order valence-corrected chi connectivity index (χ0v) is 12.0. The van der Waals surface area contributed by atoms with Gasteiger partial charge in [-0.2, -0.15) is 0 Å². The van der Waals surface area contributed by atoms with Gasteiger partial charge >= 0.3 is 0 Å². The third-order valence-electron chi connectivity index (χ3n) is 3.61. The highest BCUT2D eigenvalue weighted by Crippen LogP contribution is 2.23. The second-order valence-corrected chi connectivity index (χ2v) is 5.44. The number of hydrogen-bond donors (Lipinski definition) is 2. The van der Waals surface area contributed by atoms with Crippen LogP contribution in [0.4, 0.5) is 10.3 Å². The maximum atomic E-state index is 13.8. The van der Waals surface area contributed by atoms with Crippen LogP contribution in [0.25, 0.3) is 0 Å². The number of hydrogen-bond acceptors (Lipinski definition) is 4. The lowest BCUT2D eigenvalue weighted by molar-refractivity contribution is 0.238. The molecule has 0 amide bonds. The number of rotatable bonds is 2. The minimum absolute atomic E-state index is 0.129. The van der Waals surface area contributed by atoms with Gasteiger partial charge < -0.3 is 5.73 Å². The van der Waals surface area contributed by atoms with E-state index in [1.165, 1.54) is 6.07 Å². The van der Waals surface area contributed by atoms with E-state index in [9.17, 15) is 9.18 Å². The molecular weight excluding hydrogens is 295 g/mol. The van der Waals surface area contributed by atoms with Gasteiger partial charge in [-0.25, -0.2) is 9.37 Å². The third-order valence-corrected chi connectivity index (χ3v) is 3.96. The summed E-state index contributed by atoms with van der Waals surface area (Å²) in [5, 5.41) is 0.394. The molecule has 0 spiro atoms. The van der Waals surface area contributed by atoms with Crippen molar-refractivity contribution in [2.75, 3.05) is 12.3 Å². The van der Waals surface area contributed by atoms with E-state index in [2.05, 4.69) is 9.97 Å². The van der Waals surface area contributed by atoms with Gasteiger partial charge in [0.2, 0.25) is 5.95 Å². The van der Waals surface area contributed by atoms with Crippen LogP contribution >= 0.6 is 11.6 Å². The van der Waals surface area contributed by atoms with Crippen LogP contribution in [0, 0.1) is 5.82 Å². The first-order valence-electron chi connectivity index (χ1n) is 6.57. The monoisotopic (exact) mass is 308 g/mol. The lowest BCUT2D eigenvalue weighted by Gasteiger charge is -2.27. The summed E-state index contributed by atoms with van der Waals surface area (Å²) in [7, 11) is 0. The predicted molar refractivity (Wildman–Crippen MR) is 78.5 cm³/mol. The molecule has 1 aliphatic rings. The van der Waals surface area contributed by atoms with E-state index >= 15 is 0 Å². The Labute approximate surface area is 125 Å². The van der Waals surface area contributed by atoms with Crippen molar-refractivity contribution in [3.05, 3.63) is 56.2 Å². The second kappa shape index (κ2) is 5.46. The van der Waals surface area contributed by atoms with Crippen LogP contribution in [0.5, 0.6) is 0 Å². The Balaban J connectivity index is 1.86. The van der Waals surface area contributed by atoms with Crippen molar-refractivity contribution in [1.29, 1.82) is 0 Å². The fourth-order valence-corrected chi connectivity index (χ4v) is 2.76. The number of anilines is 1. The molecule has 3 N–H and O–H groups in total. The van der Waals surface area contributed by atoms with Gasteiger partial charge in [0.25, 0.3) is 5.56 Å². The molecule has 0 atom stereocenters. The van der Waals surface area contributed by atoms with Gasteiger partial charge in [-0.3, -0.25) is 14.7 Å². The average molecular weight is 309 g/mol. The molecule has 0 fully saturated rings. The van der Waals surface area contributed by atoms with E-state index in [0.29, 0.717) is 47.9 Å². The lowest BCUT2D eigenvalue weighted by atomic mass is 10.1. The second-order valence-electron chi connectivity index (χ2n) is 5.04. The molecule has 0 unspecified atom stereocenters. The molecule has 0 saturated heterocycles. The summed E-state index contributed by atoms with van der Waals surface area (Å²) in [6.07, 6.45) is 0.607. The highest BCUT2D eigenvalue weighted by molar-refractivity contribution is 6.31. The Morgan fingerprint density at radius 1 is 1.48 bits per heavy atom.